The predicted octanol–water partition coefficient (Wildman–Crippen LogP) is 1.25. The summed E-state index contributed by atoms with van der Waals surface area (Å²) in [5, 5.41) is 9.13. The third kappa shape index (κ3) is 2.49. The number of benzene rings is 1. The van der Waals surface area contributed by atoms with Crippen molar-refractivity contribution in [3.05, 3.63) is 24.3 Å². The molecule has 0 radical (unpaired) electrons. The standard InChI is InChI=1S/C14H16N2O4/c1-9(17)15(2)10-3-5-11(6-4-10)16-12(14(19)20)7-8-13(16)18/h3-6,12H,7-8H2,1-2H3,(H,19,20). The lowest BCUT2D eigenvalue weighted by Crippen LogP contribution is -2.38. The van der Waals surface area contributed by atoms with E-state index in [0.717, 1.165) is 0 Å². The molecule has 1 atom stereocenters. The van der Waals surface area contributed by atoms with Crippen LogP contribution in [0.4, 0.5) is 11.4 Å². The molecule has 1 unspecified atom stereocenters. The van der Waals surface area contributed by atoms with E-state index in [1.807, 2.05) is 0 Å². The maximum Gasteiger partial charge on any atom is 0.326 e. The Morgan fingerprint density at radius 1 is 1.30 bits per heavy atom. The van der Waals surface area contributed by atoms with Crippen molar-refractivity contribution in [1.82, 2.24) is 0 Å². The number of hydrogen-bond donors (Lipinski definition) is 1. The molecular weight excluding hydrogens is 260 g/mol. The molecule has 1 saturated heterocycles. The molecule has 20 heavy (non-hydrogen) atoms. The van der Waals surface area contributed by atoms with Gasteiger partial charge in [0.1, 0.15) is 6.04 Å². The number of carbonyl (C=O) groups is 3. The molecule has 0 saturated carbocycles. The lowest BCUT2D eigenvalue weighted by atomic mass is 10.2. The fraction of sp³-hybridized carbons (Fsp3) is 0.357. The lowest BCUT2D eigenvalue weighted by molar-refractivity contribution is -0.138. The second kappa shape index (κ2) is 5.32. The number of carbonyl (C=O) groups excluding carboxylic acids is 2. The summed E-state index contributed by atoms with van der Waals surface area (Å²) in [6.45, 7) is 1.46. The maximum absolute atomic E-state index is 11.8. The Labute approximate surface area is 116 Å². The van der Waals surface area contributed by atoms with E-state index in [1.165, 1.54) is 16.7 Å². The van der Waals surface area contributed by atoms with E-state index >= 15 is 0 Å². The molecule has 0 aromatic heterocycles. The van der Waals surface area contributed by atoms with E-state index in [4.69, 9.17) is 5.11 Å². The molecule has 1 aliphatic heterocycles. The number of aliphatic carboxylic acids is 1. The molecule has 1 aliphatic rings. The molecule has 1 N–H and O–H groups in total. The van der Waals surface area contributed by atoms with Crippen molar-refractivity contribution in [2.24, 2.45) is 0 Å². The van der Waals surface area contributed by atoms with E-state index in [0.29, 0.717) is 17.8 Å². The van der Waals surface area contributed by atoms with Crippen molar-refractivity contribution >= 4 is 29.2 Å². The van der Waals surface area contributed by atoms with Crippen molar-refractivity contribution in [1.29, 1.82) is 0 Å². The van der Waals surface area contributed by atoms with Gasteiger partial charge >= 0.3 is 5.97 Å². The van der Waals surface area contributed by atoms with Gasteiger partial charge in [0, 0.05) is 31.8 Å². The van der Waals surface area contributed by atoms with Gasteiger partial charge in [0.25, 0.3) is 0 Å². The van der Waals surface area contributed by atoms with Gasteiger partial charge in [-0.3, -0.25) is 14.5 Å². The first-order valence-electron chi connectivity index (χ1n) is 6.31. The van der Waals surface area contributed by atoms with Gasteiger partial charge in [-0.25, -0.2) is 4.79 Å². The molecule has 1 heterocycles. The second-order valence-corrected chi connectivity index (χ2v) is 4.75. The van der Waals surface area contributed by atoms with Crippen LogP contribution < -0.4 is 9.80 Å². The Morgan fingerprint density at radius 3 is 2.40 bits per heavy atom. The number of nitrogens with zero attached hydrogens (tertiary/aromatic N) is 2. The van der Waals surface area contributed by atoms with Crippen LogP contribution in [0.2, 0.25) is 0 Å². The molecule has 0 bridgehead atoms. The largest absolute Gasteiger partial charge is 0.480 e. The molecule has 0 aliphatic carbocycles. The fourth-order valence-corrected chi connectivity index (χ4v) is 2.26. The third-order valence-electron chi connectivity index (χ3n) is 3.48. The van der Waals surface area contributed by atoms with Gasteiger partial charge in [-0.1, -0.05) is 0 Å². The highest BCUT2D eigenvalue weighted by atomic mass is 16.4. The number of rotatable bonds is 3. The average Bonchev–Trinajstić information content (AvgIpc) is 2.80. The van der Waals surface area contributed by atoms with Crippen molar-refractivity contribution in [2.75, 3.05) is 16.8 Å². The SMILES string of the molecule is CC(=O)N(C)c1ccc(N2C(=O)CCC2C(=O)O)cc1. The number of amides is 2. The predicted molar refractivity (Wildman–Crippen MR) is 73.7 cm³/mol. The molecule has 2 amide bonds. The molecule has 1 fully saturated rings. The Balaban J connectivity index is 2.27. The van der Waals surface area contributed by atoms with Crippen molar-refractivity contribution in [3.63, 3.8) is 0 Å². The molecule has 1 aromatic carbocycles. The number of carboxylic acids is 1. The molecule has 1 aromatic rings. The van der Waals surface area contributed by atoms with Gasteiger partial charge in [-0.15, -0.1) is 0 Å². The highest BCUT2D eigenvalue weighted by molar-refractivity contribution is 6.02. The second-order valence-electron chi connectivity index (χ2n) is 4.75. The van der Waals surface area contributed by atoms with Gasteiger partial charge in [-0.2, -0.15) is 0 Å². The fourth-order valence-electron chi connectivity index (χ4n) is 2.26. The van der Waals surface area contributed by atoms with Gasteiger partial charge in [-0.05, 0) is 30.7 Å². The highest BCUT2D eigenvalue weighted by Crippen LogP contribution is 2.28. The van der Waals surface area contributed by atoms with Crippen LogP contribution >= 0.6 is 0 Å². The van der Waals surface area contributed by atoms with Gasteiger partial charge in [0.2, 0.25) is 11.8 Å². The van der Waals surface area contributed by atoms with Crippen LogP contribution in [-0.4, -0.2) is 36.0 Å². The minimum Gasteiger partial charge on any atom is -0.480 e. The van der Waals surface area contributed by atoms with Crippen LogP contribution in [0.25, 0.3) is 0 Å². The van der Waals surface area contributed by atoms with Crippen LogP contribution in [0, 0.1) is 0 Å². The first-order chi connectivity index (χ1) is 9.41. The molecule has 6 nitrogen and oxygen atoms in total. The number of carboxylic acid groups (broad SMARTS) is 1. The van der Waals surface area contributed by atoms with Crippen LogP contribution in [0.1, 0.15) is 19.8 Å². The zero-order valence-corrected chi connectivity index (χ0v) is 11.4. The minimum atomic E-state index is -0.999. The Bertz CT molecular complexity index is 553. The quantitative estimate of drug-likeness (QED) is 0.901. The topological polar surface area (TPSA) is 77.9 Å². The summed E-state index contributed by atoms with van der Waals surface area (Å²) >= 11 is 0. The Kier molecular flexibility index (Phi) is 3.74. The molecule has 0 spiro atoms. The molecule has 6 heteroatoms. The van der Waals surface area contributed by atoms with Gasteiger partial charge in [0.05, 0.1) is 0 Å². The zero-order valence-electron chi connectivity index (χ0n) is 11.4. The summed E-state index contributed by atoms with van der Waals surface area (Å²) < 4.78 is 0. The summed E-state index contributed by atoms with van der Waals surface area (Å²) in [5.74, 6) is -1.29. The molecule has 2 rings (SSSR count). The zero-order chi connectivity index (χ0) is 14.9. The van der Waals surface area contributed by atoms with Gasteiger partial charge < -0.3 is 10.0 Å². The molecule has 106 valence electrons. The average molecular weight is 276 g/mol. The van der Waals surface area contributed by atoms with Crippen LogP contribution in [-0.2, 0) is 14.4 Å². The van der Waals surface area contributed by atoms with E-state index in [-0.39, 0.29) is 18.2 Å². The van der Waals surface area contributed by atoms with Crippen molar-refractivity contribution in [2.45, 2.75) is 25.8 Å². The van der Waals surface area contributed by atoms with E-state index in [1.54, 1.807) is 31.3 Å². The number of anilines is 2. The van der Waals surface area contributed by atoms with Crippen molar-refractivity contribution in [3.8, 4) is 0 Å². The lowest BCUT2D eigenvalue weighted by Gasteiger charge is -2.23. The minimum absolute atomic E-state index is 0.0987. The van der Waals surface area contributed by atoms with E-state index in [2.05, 4.69) is 0 Å². The normalized spacial score (nSPS) is 18.2. The smallest absolute Gasteiger partial charge is 0.326 e. The molecular formula is C14H16N2O4. The van der Waals surface area contributed by atoms with Crippen LogP contribution in [0.3, 0.4) is 0 Å². The van der Waals surface area contributed by atoms with Crippen LogP contribution in [0.5, 0.6) is 0 Å². The maximum atomic E-state index is 11.8. The summed E-state index contributed by atoms with van der Waals surface area (Å²) in [5.41, 5.74) is 1.24. The van der Waals surface area contributed by atoms with Crippen LogP contribution in [0.15, 0.2) is 24.3 Å². The Morgan fingerprint density at radius 2 is 1.90 bits per heavy atom. The summed E-state index contributed by atoms with van der Waals surface area (Å²) in [6.07, 6.45) is 0.565. The first-order valence-corrected chi connectivity index (χ1v) is 6.31. The monoisotopic (exact) mass is 276 g/mol. The highest BCUT2D eigenvalue weighted by Gasteiger charge is 2.36. The van der Waals surface area contributed by atoms with Gasteiger partial charge in [0.15, 0.2) is 0 Å². The van der Waals surface area contributed by atoms with E-state index < -0.39 is 12.0 Å². The summed E-state index contributed by atoms with van der Waals surface area (Å²) in [4.78, 5) is 37.0. The first kappa shape index (κ1) is 14.0. The van der Waals surface area contributed by atoms with Crippen molar-refractivity contribution < 1.29 is 19.5 Å². The summed E-state index contributed by atoms with van der Waals surface area (Å²) in [6, 6.07) is 5.91. The van der Waals surface area contributed by atoms with E-state index in [9.17, 15) is 14.4 Å². The third-order valence-corrected chi connectivity index (χ3v) is 3.48. The Hall–Kier alpha value is -2.37. The number of hydrogen-bond acceptors (Lipinski definition) is 3. The summed E-state index contributed by atoms with van der Waals surface area (Å²) in [7, 11) is 1.65.